The molecule has 1 atom stereocenters. The van der Waals surface area contributed by atoms with Gasteiger partial charge in [-0.2, -0.15) is 0 Å². The molecule has 1 saturated carbocycles. The predicted octanol–water partition coefficient (Wildman–Crippen LogP) is 3.13. The first-order valence-electron chi connectivity index (χ1n) is 12.6. The van der Waals surface area contributed by atoms with E-state index in [0.29, 0.717) is 19.4 Å². The van der Waals surface area contributed by atoms with Crippen molar-refractivity contribution >= 4 is 27.7 Å². The molecule has 1 fully saturated rings. The van der Waals surface area contributed by atoms with Crippen LogP contribution in [-0.2, 0) is 26.0 Å². The third-order valence-corrected chi connectivity index (χ3v) is 8.85. The lowest BCUT2D eigenvalue weighted by Gasteiger charge is -2.32. The molecule has 2 aliphatic rings. The van der Waals surface area contributed by atoms with Crippen molar-refractivity contribution in [3.8, 4) is 0 Å². The average molecular weight is 512 g/mol. The highest BCUT2D eigenvalue weighted by molar-refractivity contribution is 7.90. The largest absolute Gasteiger partial charge is 0.352 e. The number of rotatable bonds is 10. The summed E-state index contributed by atoms with van der Waals surface area (Å²) in [4.78, 5) is 40.9. The Morgan fingerprint density at radius 1 is 1.06 bits per heavy atom. The van der Waals surface area contributed by atoms with E-state index in [0.717, 1.165) is 35.6 Å². The Kier molecular flexibility index (Phi) is 8.08. The van der Waals surface area contributed by atoms with E-state index in [1.54, 1.807) is 17.0 Å². The number of sulfonamides is 1. The van der Waals surface area contributed by atoms with E-state index in [2.05, 4.69) is 5.32 Å². The molecule has 1 heterocycles. The first kappa shape index (κ1) is 25.9. The number of benzene rings is 2. The van der Waals surface area contributed by atoms with Crippen LogP contribution in [0.4, 0.5) is 0 Å². The molecule has 0 radical (unpaired) electrons. The summed E-state index contributed by atoms with van der Waals surface area (Å²) < 4.78 is 26.6. The molecule has 0 aromatic heterocycles. The zero-order valence-corrected chi connectivity index (χ0v) is 21.4. The summed E-state index contributed by atoms with van der Waals surface area (Å²) in [5.41, 5.74) is 1.15. The fourth-order valence-corrected chi connectivity index (χ4v) is 6.63. The molecular weight excluding hydrogens is 478 g/mol. The van der Waals surface area contributed by atoms with E-state index >= 15 is 0 Å². The SMILES string of the molecule is CC[C@@H](C(=O)NC1CCCC1)N(CCc1ccccc1)C(=O)CCN1C(=O)c2ccccc2S1(=O)=O. The van der Waals surface area contributed by atoms with Crippen LogP contribution in [0.25, 0.3) is 0 Å². The summed E-state index contributed by atoms with van der Waals surface area (Å²) >= 11 is 0. The topological polar surface area (TPSA) is 104 Å². The number of amides is 3. The van der Waals surface area contributed by atoms with Gasteiger partial charge in [0.05, 0.1) is 5.56 Å². The van der Waals surface area contributed by atoms with Gasteiger partial charge >= 0.3 is 0 Å². The third kappa shape index (κ3) is 5.46. The van der Waals surface area contributed by atoms with E-state index in [-0.39, 0.29) is 41.3 Å². The van der Waals surface area contributed by atoms with Gasteiger partial charge in [-0.15, -0.1) is 0 Å². The molecule has 8 nitrogen and oxygen atoms in total. The summed E-state index contributed by atoms with van der Waals surface area (Å²) in [5.74, 6) is -1.15. The van der Waals surface area contributed by atoms with Gasteiger partial charge in [0, 0.05) is 25.6 Å². The molecule has 2 aromatic carbocycles. The predicted molar refractivity (Wildman–Crippen MR) is 136 cm³/mol. The van der Waals surface area contributed by atoms with Gasteiger partial charge in [0.1, 0.15) is 10.9 Å². The monoisotopic (exact) mass is 511 g/mol. The standard InChI is InChI=1S/C27H33N3O5S/c1-2-23(26(32)28-21-12-6-7-13-21)29(18-16-20-10-4-3-5-11-20)25(31)17-19-30-27(33)22-14-8-9-15-24(22)36(30,34)35/h3-5,8-11,14-15,21,23H,2,6-7,12-13,16-19H2,1H3,(H,28,32)/t23-/m0/s1. The van der Waals surface area contributed by atoms with Crippen molar-refractivity contribution in [3.63, 3.8) is 0 Å². The molecule has 0 saturated heterocycles. The summed E-state index contributed by atoms with van der Waals surface area (Å²) in [5, 5.41) is 3.10. The molecule has 1 aliphatic carbocycles. The van der Waals surface area contributed by atoms with Crippen molar-refractivity contribution in [2.75, 3.05) is 13.1 Å². The molecule has 1 N–H and O–H groups in total. The van der Waals surface area contributed by atoms with Crippen molar-refractivity contribution in [2.45, 2.75) is 68.8 Å². The maximum Gasteiger partial charge on any atom is 0.269 e. The Morgan fingerprint density at radius 2 is 1.72 bits per heavy atom. The van der Waals surface area contributed by atoms with Crippen LogP contribution >= 0.6 is 0 Å². The quantitative estimate of drug-likeness (QED) is 0.528. The molecule has 9 heteroatoms. The second kappa shape index (κ2) is 11.2. The maximum absolute atomic E-state index is 13.5. The number of hydrogen-bond acceptors (Lipinski definition) is 5. The lowest BCUT2D eigenvalue weighted by molar-refractivity contribution is -0.141. The Morgan fingerprint density at radius 3 is 2.39 bits per heavy atom. The van der Waals surface area contributed by atoms with Crippen LogP contribution in [-0.4, -0.2) is 60.5 Å². The van der Waals surface area contributed by atoms with Crippen LogP contribution in [0.15, 0.2) is 59.5 Å². The molecule has 0 unspecified atom stereocenters. The first-order chi connectivity index (χ1) is 17.3. The van der Waals surface area contributed by atoms with Gasteiger partial charge in [0.2, 0.25) is 11.8 Å². The second-order valence-electron chi connectivity index (χ2n) is 9.37. The van der Waals surface area contributed by atoms with Crippen molar-refractivity contribution in [3.05, 3.63) is 65.7 Å². The smallest absolute Gasteiger partial charge is 0.269 e. The number of hydrogen-bond donors (Lipinski definition) is 1. The second-order valence-corrected chi connectivity index (χ2v) is 11.2. The lowest BCUT2D eigenvalue weighted by Crippen LogP contribution is -2.52. The van der Waals surface area contributed by atoms with E-state index < -0.39 is 22.0 Å². The van der Waals surface area contributed by atoms with Crippen LogP contribution < -0.4 is 5.32 Å². The highest BCUT2D eigenvalue weighted by atomic mass is 32.2. The van der Waals surface area contributed by atoms with E-state index in [1.807, 2.05) is 37.3 Å². The Hall–Kier alpha value is -3.20. The maximum atomic E-state index is 13.5. The van der Waals surface area contributed by atoms with Gasteiger partial charge in [-0.3, -0.25) is 14.4 Å². The molecule has 36 heavy (non-hydrogen) atoms. The molecule has 4 rings (SSSR count). The number of nitrogens with zero attached hydrogens (tertiary/aromatic N) is 2. The van der Waals surface area contributed by atoms with Gasteiger partial charge in [0.15, 0.2) is 0 Å². The minimum absolute atomic E-state index is 0.0363. The molecule has 2 aromatic rings. The van der Waals surface area contributed by atoms with Gasteiger partial charge in [0.25, 0.3) is 15.9 Å². The number of carbonyl (C=O) groups excluding carboxylic acids is 3. The molecule has 0 bridgehead atoms. The fraction of sp³-hybridized carbons (Fsp3) is 0.444. The Balaban J connectivity index is 1.49. The highest BCUT2D eigenvalue weighted by Crippen LogP contribution is 2.30. The molecule has 192 valence electrons. The van der Waals surface area contributed by atoms with Gasteiger partial charge in [-0.25, -0.2) is 12.7 Å². The van der Waals surface area contributed by atoms with Crippen LogP contribution in [0.1, 0.15) is 61.4 Å². The minimum Gasteiger partial charge on any atom is -0.352 e. The number of nitrogens with one attached hydrogen (secondary N) is 1. The third-order valence-electron chi connectivity index (χ3n) is 7.01. The summed E-state index contributed by atoms with van der Waals surface area (Å²) in [6, 6.07) is 15.2. The summed E-state index contributed by atoms with van der Waals surface area (Å²) in [6.07, 6.45) is 4.85. The average Bonchev–Trinajstić information content (AvgIpc) is 3.45. The van der Waals surface area contributed by atoms with Crippen LogP contribution in [0.2, 0.25) is 0 Å². The molecular formula is C27H33N3O5S. The zero-order valence-electron chi connectivity index (χ0n) is 20.6. The van der Waals surface area contributed by atoms with Gasteiger partial charge in [-0.1, -0.05) is 62.2 Å². The van der Waals surface area contributed by atoms with Crippen molar-refractivity contribution in [2.24, 2.45) is 0 Å². The highest BCUT2D eigenvalue weighted by Gasteiger charge is 2.41. The summed E-state index contributed by atoms with van der Waals surface area (Å²) in [7, 11) is -4.00. The van der Waals surface area contributed by atoms with Gasteiger partial charge < -0.3 is 10.2 Å². The minimum atomic E-state index is -4.00. The van der Waals surface area contributed by atoms with Crippen molar-refractivity contribution in [1.82, 2.24) is 14.5 Å². The van der Waals surface area contributed by atoms with Crippen molar-refractivity contribution < 1.29 is 22.8 Å². The van der Waals surface area contributed by atoms with Gasteiger partial charge in [-0.05, 0) is 43.4 Å². The fourth-order valence-electron chi connectivity index (χ4n) is 5.06. The number of fused-ring (bicyclic) bond motifs is 1. The summed E-state index contributed by atoms with van der Waals surface area (Å²) in [6.45, 7) is 1.92. The lowest BCUT2D eigenvalue weighted by atomic mass is 10.1. The van der Waals surface area contributed by atoms with Crippen LogP contribution in [0.3, 0.4) is 0 Å². The molecule has 0 spiro atoms. The molecule has 3 amide bonds. The number of carbonyl (C=O) groups is 3. The van der Waals surface area contributed by atoms with Crippen molar-refractivity contribution in [1.29, 1.82) is 0 Å². The zero-order chi connectivity index (χ0) is 25.7. The van der Waals surface area contributed by atoms with Crippen LogP contribution in [0.5, 0.6) is 0 Å². The van der Waals surface area contributed by atoms with E-state index in [4.69, 9.17) is 0 Å². The Labute approximate surface area is 212 Å². The van der Waals surface area contributed by atoms with E-state index in [9.17, 15) is 22.8 Å². The van der Waals surface area contributed by atoms with Crippen LogP contribution in [0, 0.1) is 0 Å². The first-order valence-corrected chi connectivity index (χ1v) is 14.1. The Bertz CT molecular complexity index is 1210. The van der Waals surface area contributed by atoms with E-state index in [1.165, 1.54) is 12.1 Å². The normalized spacial score (nSPS) is 17.6. The molecule has 1 aliphatic heterocycles.